The summed E-state index contributed by atoms with van der Waals surface area (Å²) in [6.07, 6.45) is 0.251. The van der Waals surface area contributed by atoms with Gasteiger partial charge in [0.15, 0.2) is 0 Å². The maximum Gasteiger partial charge on any atom is 0.306 e. The zero-order valence-corrected chi connectivity index (χ0v) is 11.4. The number of carbonyl (C=O) groups excluding carboxylic acids is 1. The number of esters is 1. The Hall–Kier alpha value is -1.51. The van der Waals surface area contributed by atoms with Crippen LogP contribution >= 0.6 is 0 Å². The van der Waals surface area contributed by atoms with Crippen LogP contribution in [0.4, 0.5) is 0 Å². The second kappa shape index (κ2) is 4.63. The molecule has 0 aliphatic carbocycles. The lowest BCUT2D eigenvalue weighted by Gasteiger charge is -2.24. The summed E-state index contributed by atoms with van der Waals surface area (Å²) in [7, 11) is 0. The Morgan fingerprint density at radius 3 is 2.61 bits per heavy atom. The Bertz CT molecular complexity index is 477. The van der Waals surface area contributed by atoms with Crippen molar-refractivity contribution in [2.24, 2.45) is 11.8 Å². The third kappa shape index (κ3) is 2.09. The molecule has 1 aliphatic rings. The molecule has 2 rings (SSSR count). The van der Waals surface area contributed by atoms with Crippen molar-refractivity contribution in [3.63, 3.8) is 0 Å². The predicted octanol–water partition coefficient (Wildman–Crippen LogP) is 3.27. The zero-order chi connectivity index (χ0) is 13.4. The summed E-state index contributed by atoms with van der Waals surface area (Å²) >= 11 is 0. The molecule has 1 aliphatic heterocycles. The van der Waals surface area contributed by atoms with Crippen molar-refractivity contribution in [2.75, 3.05) is 0 Å². The van der Waals surface area contributed by atoms with Gasteiger partial charge in [0.1, 0.15) is 11.9 Å². The van der Waals surface area contributed by atoms with Crippen LogP contribution in [0.1, 0.15) is 43.1 Å². The van der Waals surface area contributed by atoms with Crippen molar-refractivity contribution < 1.29 is 14.6 Å². The van der Waals surface area contributed by atoms with Crippen LogP contribution in [0.2, 0.25) is 0 Å². The average molecular weight is 248 g/mol. The molecule has 98 valence electrons. The molecule has 0 amide bonds. The smallest absolute Gasteiger partial charge is 0.306 e. The van der Waals surface area contributed by atoms with E-state index < -0.39 is 0 Å². The van der Waals surface area contributed by atoms with Crippen LogP contribution in [0.3, 0.4) is 0 Å². The van der Waals surface area contributed by atoms with E-state index in [0.29, 0.717) is 12.3 Å². The number of hydrogen-bond donors (Lipinski definition) is 1. The fourth-order valence-electron chi connectivity index (χ4n) is 2.73. The second-order valence-electron chi connectivity index (χ2n) is 5.46. The molecule has 2 atom stereocenters. The van der Waals surface area contributed by atoms with E-state index in [1.165, 1.54) is 0 Å². The lowest BCUT2D eigenvalue weighted by atomic mass is 9.83. The van der Waals surface area contributed by atoms with Gasteiger partial charge >= 0.3 is 5.97 Å². The van der Waals surface area contributed by atoms with Gasteiger partial charge in [-0.3, -0.25) is 4.79 Å². The van der Waals surface area contributed by atoms with E-state index in [9.17, 15) is 9.90 Å². The molecule has 1 aromatic carbocycles. The predicted molar refractivity (Wildman–Crippen MR) is 69.4 cm³/mol. The van der Waals surface area contributed by atoms with Crippen molar-refractivity contribution in [1.82, 2.24) is 0 Å². The van der Waals surface area contributed by atoms with Gasteiger partial charge in [0, 0.05) is 11.5 Å². The molecular formula is C15H20O3. The maximum absolute atomic E-state index is 11.6. The van der Waals surface area contributed by atoms with E-state index >= 15 is 0 Å². The van der Waals surface area contributed by atoms with Crippen LogP contribution in [-0.2, 0) is 9.53 Å². The quantitative estimate of drug-likeness (QED) is 0.817. The first-order valence-corrected chi connectivity index (χ1v) is 6.40. The molecule has 2 unspecified atom stereocenters. The molecule has 3 heteroatoms. The van der Waals surface area contributed by atoms with Crippen molar-refractivity contribution >= 4 is 5.97 Å². The Kier molecular flexibility index (Phi) is 3.33. The molecule has 1 aromatic rings. The first-order valence-electron chi connectivity index (χ1n) is 6.40. The number of rotatable bonds is 2. The molecule has 0 bridgehead atoms. The van der Waals surface area contributed by atoms with Gasteiger partial charge < -0.3 is 9.84 Å². The number of carbonyl (C=O) groups is 1. The van der Waals surface area contributed by atoms with Crippen molar-refractivity contribution in [2.45, 2.75) is 40.2 Å². The zero-order valence-electron chi connectivity index (χ0n) is 11.4. The van der Waals surface area contributed by atoms with E-state index in [0.717, 1.165) is 16.7 Å². The number of aromatic hydroxyl groups is 1. The summed E-state index contributed by atoms with van der Waals surface area (Å²) < 4.78 is 5.49. The first-order chi connectivity index (χ1) is 8.41. The minimum Gasteiger partial charge on any atom is -0.508 e. The highest BCUT2D eigenvalue weighted by Crippen LogP contribution is 2.43. The third-order valence-electron chi connectivity index (χ3n) is 3.89. The molecule has 0 radical (unpaired) electrons. The summed E-state index contributed by atoms with van der Waals surface area (Å²) in [5.74, 6) is 0.696. The molecule has 1 saturated heterocycles. The topological polar surface area (TPSA) is 46.5 Å². The fraction of sp³-hybridized carbons (Fsp3) is 0.533. The number of aryl methyl sites for hydroxylation is 1. The highest BCUT2D eigenvalue weighted by molar-refractivity contribution is 5.73. The molecule has 1 heterocycles. The standard InChI is InChI=1S/C15H20O3/c1-8(2)11-7-13(17)18-15(11)14-9(3)5-6-12(16)10(14)4/h5-6,8,11,15-16H,7H2,1-4H3. The van der Waals surface area contributed by atoms with E-state index in [4.69, 9.17) is 4.74 Å². The minimum atomic E-state index is -0.218. The van der Waals surface area contributed by atoms with Gasteiger partial charge in [-0.05, 0) is 37.0 Å². The highest BCUT2D eigenvalue weighted by atomic mass is 16.5. The van der Waals surface area contributed by atoms with E-state index in [-0.39, 0.29) is 23.7 Å². The van der Waals surface area contributed by atoms with Gasteiger partial charge in [-0.15, -0.1) is 0 Å². The lowest BCUT2D eigenvalue weighted by Crippen LogP contribution is -2.15. The van der Waals surface area contributed by atoms with Crippen LogP contribution in [0.15, 0.2) is 12.1 Å². The summed E-state index contributed by atoms with van der Waals surface area (Å²) in [6, 6.07) is 3.57. The van der Waals surface area contributed by atoms with Crippen LogP contribution < -0.4 is 0 Å². The van der Waals surface area contributed by atoms with Crippen LogP contribution in [0.5, 0.6) is 5.75 Å². The normalized spacial score (nSPS) is 23.5. The number of ether oxygens (including phenoxy) is 1. The van der Waals surface area contributed by atoms with E-state index in [2.05, 4.69) is 13.8 Å². The minimum absolute atomic E-state index is 0.138. The molecular weight excluding hydrogens is 228 g/mol. The number of hydrogen-bond acceptors (Lipinski definition) is 3. The van der Waals surface area contributed by atoms with Crippen LogP contribution in [0.25, 0.3) is 0 Å². The summed E-state index contributed by atoms with van der Waals surface area (Å²) in [5, 5.41) is 9.84. The largest absolute Gasteiger partial charge is 0.508 e. The third-order valence-corrected chi connectivity index (χ3v) is 3.89. The molecule has 1 fully saturated rings. The molecule has 0 aromatic heterocycles. The summed E-state index contributed by atoms with van der Waals surface area (Å²) in [4.78, 5) is 11.6. The number of cyclic esters (lactones) is 1. The average Bonchev–Trinajstić information content (AvgIpc) is 2.67. The van der Waals surface area contributed by atoms with Crippen LogP contribution in [0, 0.1) is 25.7 Å². The van der Waals surface area contributed by atoms with E-state index in [1.54, 1.807) is 6.07 Å². The van der Waals surface area contributed by atoms with Crippen molar-refractivity contribution in [1.29, 1.82) is 0 Å². The van der Waals surface area contributed by atoms with Gasteiger partial charge in [-0.1, -0.05) is 19.9 Å². The molecule has 3 nitrogen and oxygen atoms in total. The number of phenolic OH excluding ortho intramolecular Hbond substituents is 1. The van der Waals surface area contributed by atoms with Gasteiger partial charge in [0.05, 0.1) is 6.42 Å². The van der Waals surface area contributed by atoms with E-state index in [1.807, 2.05) is 19.9 Å². The number of benzene rings is 1. The number of phenols is 1. The second-order valence-corrected chi connectivity index (χ2v) is 5.46. The van der Waals surface area contributed by atoms with Crippen LogP contribution in [-0.4, -0.2) is 11.1 Å². The van der Waals surface area contributed by atoms with Gasteiger partial charge in [-0.25, -0.2) is 0 Å². The monoisotopic (exact) mass is 248 g/mol. The molecule has 18 heavy (non-hydrogen) atoms. The Morgan fingerprint density at radius 2 is 2.00 bits per heavy atom. The van der Waals surface area contributed by atoms with Crippen molar-refractivity contribution in [3.05, 3.63) is 28.8 Å². The van der Waals surface area contributed by atoms with Crippen molar-refractivity contribution in [3.8, 4) is 5.75 Å². The lowest BCUT2D eigenvalue weighted by molar-refractivity contribution is -0.141. The molecule has 1 N–H and O–H groups in total. The SMILES string of the molecule is Cc1ccc(O)c(C)c1C1OC(=O)CC1C(C)C. The fourth-order valence-corrected chi connectivity index (χ4v) is 2.73. The summed E-state index contributed by atoms with van der Waals surface area (Å²) in [6.45, 7) is 8.08. The highest BCUT2D eigenvalue weighted by Gasteiger charge is 2.39. The molecule has 0 saturated carbocycles. The Labute approximate surface area is 108 Å². The Morgan fingerprint density at radius 1 is 1.33 bits per heavy atom. The Balaban J connectivity index is 2.48. The van der Waals surface area contributed by atoms with Gasteiger partial charge in [0.25, 0.3) is 0 Å². The summed E-state index contributed by atoms with van der Waals surface area (Å²) in [5.41, 5.74) is 2.86. The molecule has 0 spiro atoms. The first kappa shape index (κ1) is 12.9. The van der Waals surface area contributed by atoms with Gasteiger partial charge in [-0.2, -0.15) is 0 Å². The maximum atomic E-state index is 11.6. The van der Waals surface area contributed by atoms with Gasteiger partial charge in [0.2, 0.25) is 0 Å².